The van der Waals surface area contributed by atoms with Crippen LogP contribution in [-0.2, 0) is 38.5 Å². The Balaban J connectivity index is 0. The van der Waals surface area contributed by atoms with Crippen LogP contribution in [0.2, 0.25) is 0 Å². The van der Waals surface area contributed by atoms with Crippen molar-refractivity contribution in [1.29, 1.82) is 0 Å². The Bertz CT molecular complexity index is 202. The molecule has 1 saturated heterocycles. The zero-order valence-corrected chi connectivity index (χ0v) is 17.3. The second-order valence-electron chi connectivity index (χ2n) is 5.02. The molecule has 2 unspecified atom stereocenters. The van der Waals surface area contributed by atoms with Gasteiger partial charge in [0.05, 0.1) is 21.3 Å². The topological polar surface area (TPSA) is 58.9 Å². The van der Waals surface area contributed by atoms with E-state index in [1.54, 1.807) is 21.3 Å². The molecule has 1 heterocycles. The summed E-state index contributed by atoms with van der Waals surface area (Å²) in [6.07, 6.45) is 12.3. The summed E-state index contributed by atoms with van der Waals surface area (Å²) in [7, 11) is 3.31. The first kappa shape index (κ1) is 24.8. The molecule has 0 aromatic heterocycles. The fraction of sp³-hybridized carbons (Fsp3) is 0.867. The van der Waals surface area contributed by atoms with Gasteiger partial charge in [0.15, 0.2) is 0 Å². The molecule has 2 fully saturated rings. The van der Waals surface area contributed by atoms with Crippen LogP contribution in [0.5, 0.6) is 0 Å². The van der Waals surface area contributed by atoms with Crippen molar-refractivity contribution in [3.8, 4) is 0 Å². The van der Waals surface area contributed by atoms with Crippen LogP contribution in [0.3, 0.4) is 0 Å². The van der Waals surface area contributed by atoms with E-state index in [2.05, 4.69) is 13.2 Å². The molecule has 2 atom stereocenters. The van der Waals surface area contributed by atoms with Gasteiger partial charge in [-0.15, -0.1) is 6.54 Å². The van der Waals surface area contributed by atoms with Crippen molar-refractivity contribution in [2.45, 2.75) is 51.0 Å². The summed E-state index contributed by atoms with van der Waals surface area (Å²) in [5, 5.41) is 4.72. The monoisotopic (exact) mass is 512 g/mol. The smallest absolute Gasteiger partial charge is 0.661 e. The van der Waals surface area contributed by atoms with Crippen molar-refractivity contribution in [3.63, 3.8) is 0 Å². The molecule has 0 amide bonds. The third-order valence-corrected chi connectivity index (χ3v) is 4.73. The molecular weight excluding hydrogens is 481 g/mol. The minimum absolute atomic E-state index is 0. The molecule has 7 heteroatoms. The summed E-state index contributed by atoms with van der Waals surface area (Å²) in [6, 6.07) is 0.707. The molecule has 2 aliphatic rings. The largest absolute Gasteiger partial charge is 3.00 e. The molecule has 22 heavy (non-hydrogen) atoms. The average molecular weight is 512 g/mol. The van der Waals surface area contributed by atoms with Crippen molar-refractivity contribution in [1.82, 2.24) is 0 Å². The van der Waals surface area contributed by atoms with E-state index in [1.165, 1.54) is 44.9 Å². The minimum atomic E-state index is -1.36. The maximum Gasteiger partial charge on any atom is 3.00 e. The molecule has 5 nitrogen and oxygen atoms in total. The van der Waals surface area contributed by atoms with E-state index in [9.17, 15) is 0 Å². The van der Waals surface area contributed by atoms with Crippen LogP contribution < -0.4 is 0 Å². The Labute approximate surface area is 150 Å². The third kappa shape index (κ3) is 11.2. The van der Waals surface area contributed by atoms with Crippen LogP contribution in [0.25, 0.3) is 5.32 Å². The summed E-state index contributed by atoms with van der Waals surface area (Å²) in [4.78, 5) is 7.75. The van der Waals surface area contributed by atoms with Gasteiger partial charge in [-0.2, -0.15) is 32.0 Å². The van der Waals surface area contributed by atoms with Gasteiger partial charge in [0, 0.05) is 0 Å². The van der Waals surface area contributed by atoms with Crippen LogP contribution in [0.4, 0.5) is 0 Å². The van der Waals surface area contributed by atoms with Crippen molar-refractivity contribution < 1.29 is 38.5 Å². The average Bonchev–Trinajstić information content (AvgIpc) is 2.60. The van der Waals surface area contributed by atoms with E-state index in [4.69, 9.17) is 23.7 Å². The molecule has 0 N–H and O–H groups in total. The first-order chi connectivity index (χ1) is 10.3. The van der Waals surface area contributed by atoms with E-state index < -0.39 is 8.60 Å². The van der Waals surface area contributed by atoms with Crippen molar-refractivity contribution in [2.75, 3.05) is 27.9 Å². The summed E-state index contributed by atoms with van der Waals surface area (Å²) < 4.78 is 14.1. The van der Waals surface area contributed by atoms with Gasteiger partial charge in [0.2, 0.25) is 0 Å². The number of carbonyl (C=O) groups excluding carboxylic acids is 1. The van der Waals surface area contributed by atoms with Crippen LogP contribution >= 0.6 is 8.60 Å². The minimum Gasteiger partial charge on any atom is -0.661 e. The predicted molar refractivity (Wildman–Crippen MR) is 88.2 cm³/mol. The molecule has 132 valence electrons. The standard InChI is InChI=1S/C11H19N.C3H10O3P.CHO.Ir/c1-2-6-10(7-3-1)11-8-4-5-9-12-11;1-4-7(5-2)6-3;1-2;/h6,10-11H,1-5,7-9H2;7H,1-3H3;1H;/q-2;+1;-1;+3. The number of rotatable bonds is 4. The van der Waals surface area contributed by atoms with E-state index in [0.717, 1.165) is 12.5 Å². The second-order valence-corrected chi connectivity index (χ2v) is 6.74. The Kier molecular flexibility index (Phi) is 20.2. The van der Waals surface area contributed by atoms with Crippen molar-refractivity contribution in [2.24, 2.45) is 5.92 Å². The van der Waals surface area contributed by atoms with E-state index in [-0.39, 0.29) is 20.1 Å². The number of nitrogens with zero attached hydrogens (tertiary/aromatic N) is 1. The molecule has 0 bridgehead atoms. The number of hydrogen-bond acceptors (Lipinski definition) is 4. The van der Waals surface area contributed by atoms with Crippen LogP contribution in [0, 0.1) is 12.3 Å². The van der Waals surface area contributed by atoms with Gasteiger partial charge in [-0.1, -0.05) is 38.5 Å². The van der Waals surface area contributed by atoms with E-state index in [0.29, 0.717) is 6.04 Å². The third-order valence-electron chi connectivity index (χ3n) is 3.73. The van der Waals surface area contributed by atoms with Crippen LogP contribution in [-0.4, -0.2) is 40.7 Å². The van der Waals surface area contributed by atoms with Gasteiger partial charge in [0.25, 0.3) is 0 Å². The van der Waals surface area contributed by atoms with Gasteiger partial charge in [-0.05, 0) is 0 Å². The van der Waals surface area contributed by atoms with E-state index in [1.807, 2.05) is 0 Å². The van der Waals surface area contributed by atoms with Gasteiger partial charge in [-0.3, -0.25) is 6.79 Å². The summed E-state index contributed by atoms with van der Waals surface area (Å²) in [5.74, 6) is 0.846. The van der Waals surface area contributed by atoms with E-state index >= 15 is 0 Å². The van der Waals surface area contributed by atoms with Gasteiger partial charge < -0.3 is 16.5 Å². The maximum atomic E-state index is 7.75. The Hall–Kier alpha value is 0.589. The van der Waals surface area contributed by atoms with Crippen molar-refractivity contribution >= 4 is 15.4 Å². The Morgan fingerprint density at radius 1 is 1.00 bits per heavy atom. The van der Waals surface area contributed by atoms with Gasteiger partial charge in [-0.25, -0.2) is 0 Å². The second kappa shape index (κ2) is 17.9. The zero-order valence-electron chi connectivity index (χ0n) is 13.9. The fourth-order valence-electron chi connectivity index (χ4n) is 2.74. The molecule has 1 saturated carbocycles. The molecule has 0 aromatic rings. The molecule has 0 radical (unpaired) electrons. The summed E-state index contributed by atoms with van der Waals surface area (Å²) in [5.41, 5.74) is 0. The molecule has 2 rings (SSSR count). The summed E-state index contributed by atoms with van der Waals surface area (Å²) in [6.45, 7) is 4.38. The first-order valence-corrected chi connectivity index (χ1v) is 8.76. The number of piperidine rings is 1. The summed E-state index contributed by atoms with van der Waals surface area (Å²) >= 11 is 0. The molecular formula is C15H30IrNO4P+. The SMILES string of the molecule is CO[PH+](OC)OC.[CH-]1CCCCC1C1CCCC[N-]1.[CH-]=O.[Ir+3]. The Morgan fingerprint density at radius 3 is 1.95 bits per heavy atom. The van der Waals surface area contributed by atoms with Crippen LogP contribution in [0.1, 0.15) is 44.9 Å². The first-order valence-electron chi connectivity index (χ1n) is 7.54. The number of hydrogen-bond donors (Lipinski definition) is 0. The van der Waals surface area contributed by atoms with Gasteiger partial charge >= 0.3 is 28.7 Å². The predicted octanol–water partition coefficient (Wildman–Crippen LogP) is 3.92. The molecule has 0 aromatic carbocycles. The van der Waals surface area contributed by atoms with Gasteiger partial charge in [0.1, 0.15) is 0 Å². The van der Waals surface area contributed by atoms with Crippen LogP contribution in [0.15, 0.2) is 0 Å². The van der Waals surface area contributed by atoms with Crippen molar-refractivity contribution in [3.05, 3.63) is 11.7 Å². The quantitative estimate of drug-likeness (QED) is 0.326. The molecule has 1 aliphatic heterocycles. The molecule has 0 spiro atoms. The fourth-order valence-corrected chi connectivity index (χ4v) is 3.24. The normalized spacial score (nSPS) is 24.2. The zero-order chi connectivity index (χ0) is 15.9. The maximum absolute atomic E-state index is 7.75. The Morgan fingerprint density at radius 2 is 1.59 bits per heavy atom. The molecule has 1 aliphatic carbocycles.